The zero-order chi connectivity index (χ0) is 24.4. The Morgan fingerprint density at radius 3 is 2.18 bits per heavy atom. The monoisotopic (exact) mass is 493 g/mol. The molecule has 1 N–H and O–H groups in total. The van der Waals surface area contributed by atoms with E-state index in [1.807, 2.05) is 0 Å². The van der Waals surface area contributed by atoms with Crippen LogP contribution in [0.2, 0.25) is 10.3 Å². The number of aromatic amines is 1. The summed E-state index contributed by atoms with van der Waals surface area (Å²) in [7, 11) is 0. The van der Waals surface area contributed by atoms with Gasteiger partial charge >= 0.3 is 0 Å². The molecule has 0 atom stereocenters. The molecular formula is C22H25Cl2N5O4. The third-order valence-electron chi connectivity index (χ3n) is 4.73. The van der Waals surface area contributed by atoms with Gasteiger partial charge in [-0.3, -0.25) is 24.3 Å². The minimum absolute atomic E-state index is 0.00674. The SMILES string of the molecule is CCCCc1nc(C=O)c(Cl)[nH]1.CCCCc1nc(Cl)c(C=O)n1-c1ccc([N+](=O)[O-])cc1. The first-order valence-electron chi connectivity index (χ1n) is 10.5. The van der Waals surface area contributed by atoms with E-state index in [1.165, 1.54) is 12.1 Å². The molecule has 1 aromatic carbocycles. The maximum absolute atomic E-state index is 11.2. The fourth-order valence-corrected chi connectivity index (χ4v) is 3.44. The second kappa shape index (κ2) is 12.9. The number of benzene rings is 1. The normalized spacial score (nSPS) is 10.4. The van der Waals surface area contributed by atoms with Gasteiger partial charge in [0.05, 0.1) is 4.92 Å². The molecule has 33 heavy (non-hydrogen) atoms. The van der Waals surface area contributed by atoms with E-state index in [1.54, 1.807) is 16.7 Å². The molecule has 0 aliphatic rings. The van der Waals surface area contributed by atoms with Crippen molar-refractivity contribution < 1.29 is 14.5 Å². The van der Waals surface area contributed by atoms with Crippen LogP contribution < -0.4 is 0 Å². The van der Waals surface area contributed by atoms with E-state index in [-0.39, 0.29) is 16.5 Å². The number of halogens is 2. The van der Waals surface area contributed by atoms with Crippen LogP contribution in [-0.2, 0) is 12.8 Å². The minimum atomic E-state index is -0.469. The van der Waals surface area contributed by atoms with Crippen molar-refractivity contribution in [1.29, 1.82) is 0 Å². The fourth-order valence-electron chi connectivity index (χ4n) is 3.02. The summed E-state index contributed by atoms with van der Waals surface area (Å²) in [5, 5.41) is 11.2. The van der Waals surface area contributed by atoms with Gasteiger partial charge < -0.3 is 4.98 Å². The summed E-state index contributed by atoms with van der Waals surface area (Å²) in [6.45, 7) is 4.16. The summed E-state index contributed by atoms with van der Waals surface area (Å²) in [5.41, 5.74) is 1.19. The van der Waals surface area contributed by atoms with Crippen molar-refractivity contribution in [2.75, 3.05) is 0 Å². The number of nitro benzene ring substituents is 1. The lowest BCUT2D eigenvalue weighted by Gasteiger charge is -2.09. The summed E-state index contributed by atoms with van der Waals surface area (Å²) in [6, 6.07) is 5.94. The Labute approximate surface area is 201 Å². The molecule has 0 aliphatic carbocycles. The van der Waals surface area contributed by atoms with E-state index in [4.69, 9.17) is 23.2 Å². The fraction of sp³-hybridized carbons (Fsp3) is 0.364. The van der Waals surface area contributed by atoms with E-state index in [2.05, 4.69) is 28.8 Å². The van der Waals surface area contributed by atoms with Crippen molar-refractivity contribution in [3.63, 3.8) is 0 Å². The molecule has 0 saturated carbocycles. The Hall–Kier alpha value is -3.04. The average Bonchev–Trinajstić information content (AvgIpc) is 3.34. The molecule has 2 heterocycles. The number of rotatable bonds is 10. The van der Waals surface area contributed by atoms with Gasteiger partial charge in [-0.05, 0) is 25.0 Å². The molecule has 11 heteroatoms. The molecule has 0 unspecified atom stereocenters. The maximum atomic E-state index is 11.2. The lowest BCUT2D eigenvalue weighted by atomic mass is 10.2. The topological polar surface area (TPSA) is 124 Å². The molecular weight excluding hydrogens is 469 g/mol. The van der Waals surface area contributed by atoms with E-state index < -0.39 is 4.92 Å². The van der Waals surface area contributed by atoms with Gasteiger partial charge in [-0.2, -0.15) is 0 Å². The van der Waals surface area contributed by atoms with E-state index in [9.17, 15) is 19.7 Å². The van der Waals surface area contributed by atoms with Gasteiger partial charge in [-0.1, -0.05) is 49.9 Å². The van der Waals surface area contributed by atoms with Crippen molar-refractivity contribution >= 4 is 41.5 Å². The number of nitrogens with zero attached hydrogens (tertiary/aromatic N) is 4. The molecule has 9 nitrogen and oxygen atoms in total. The quantitative estimate of drug-likeness (QED) is 0.216. The van der Waals surface area contributed by atoms with Gasteiger partial charge in [0.25, 0.3) is 5.69 Å². The highest BCUT2D eigenvalue weighted by molar-refractivity contribution is 6.32. The molecule has 0 saturated heterocycles. The summed E-state index contributed by atoms with van der Waals surface area (Å²) >= 11 is 11.7. The molecule has 0 bridgehead atoms. The molecule has 0 aliphatic heterocycles. The highest BCUT2D eigenvalue weighted by atomic mass is 35.5. The average molecular weight is 494 g/mol. The number of hydrogen-bond donors (Lipinski definition) is 1. The lowest BCUT2D eigenvalue weighted by molar-refractivity contribution is -0.384. The molecule has 0 radical (unpaired) electrons. The minimum Gasteiger partial charge on any atom is -0.332 e. The second-order valence-corrected chi connectivity index (χ2v) is 7.87. The Morgan fingerprint density at radius 2 is 1.67 bits per heavy atom. The third-order valence-corrected chi connectivity index (χ3v) is 5.30. The van der Waals surface area contributed by atoms with Crippen molar-refractivity contribution in [2.45, 2.75) is 52.4 Å². The van der Waals surface area contributed by atoms with E-state index in [0.717, 1.165) is 37.9 Å². The van der Waals surface area contributed by atoms with E-state index >= 15 is 0 Å². The highest BCUT2D eigenvalue weighted by Gasteiger charge is 2.17. The van der Waals surface area contributed by atoms with Gasteiger partial charge in [0, 0.05) is 30.7 Å². The Kier molecular flexibility index (Phi) is 10.2. The van der Waals surface area contributed by atoms with Crippen LogP contribution in [0, 0.1) is 10.1 Å². The number of H-pyrrole nitrogens is 1. The van der Waals surface area contributed by atoms with Crippen LogP contribution in [0.25, 0.3) is 5.69 Å². The predicted molar refractivity (Wildman–Crippen MR) is 127 cm³/mol. The first kappa shape index (κ1) is 26.2. The standard InChI is InChI=1S/C14H14ClN3O3.C8H11ClN2O/c1-2-3-4-13-16-14(15)12(9-19)17(13)10-5-7-11(8-6-10)18(20)21;1-2-3-4-7-10-6(5-12)8(9)11-7/h5-9H,2-4H2,1H3;5H,2-4H2,1H3,(H,10,11). The van der Waals surface area contributed by atoms with Gasteiger partial charge in [0.1, 0.15) is 28.2 Å². The number of carbonyl (C=O) groups is 2. The molecule has 0 amide bonds. The zero-order valence-electron chi connectivity index (χ0n) is 18.4. The predicted octanol–water partition coefficient (Wildman–Crippen LogP) is 5.81. The number of aromatic nitrogens is 4. The van der Waals surface area contributed by atoms with Crippen LogP contribution >= 0.6 is 23.2 Å². The van der Waals surface area contributed by atoms with Crippen LogP contribution in [0.5, 0.6) is 0 Å². The van der Waals surface area contributed by atoms with Crippen LogP contribution in [0.15, 0.2) is 24.3 Å². The number of aryl methyl sites for hydroxylation is 2. The smallest absolute Gasteiger partial charge is 0.269 e. The number of non-ortho nitro benzene ring substituents is 1. The van der Waals surface area contributed by atoms with Crippen LogP contribution in [0.1, 0.15) is 72.2 Å². The zero-order valence-corrected chi connectivity index (χ0v) is 19.9. The summed E-state index contributed by atoms with van der Waals surface area (Å²) in [6.07, 6.45) is 6.91. The summed E-state index contributed by atoms with van der Waals surface area (Å²) in [4.78, 5) is 42.9. The summed E-state index contributed by atoms with van der Waals surface area (Å²) < 4.78 is 1.65. The van der Waals surface area contributed by atoms with E-state index in [0.29, 0.717) is 41.4 Å². The highest BCUT2D eigenvalue weighted by Crippen LogP contribution is 2.24. The van der Waals surface area contributed by atoms with Crippen molar-refractivity contribution in [2.24, 2.45) is 0 Å². The number of hydrogen-bond acceptors (Lipinski definition) is 6. The third kappa shape index (κ3) is 6.97. The van der Waals surface area contributed by atoms with Crippen molar-refractivity contribution in [1.82, 2.24) is 19.5 Å². The molecule has 3 rings (SSSR count). The number of nitrogens with one attached hydrogen (secondary N) is 1. The van der Waals surface area contributed by atoms with Gasteiger partial charge in [-0.25, -0.2) is 9.97 Å². The largest absolute Gasteiger partial charge is 0.332 e. The molecule has 176 valence electrons. The van der Waals surface area contributed by atoms with Crippen LogP contribution in [0.3, 0.4) is 0 Å². The number of imidazole rings is 2. The van der Waals surface area contributed by atoms with Gasteiger partial charge in [-0.15, -0.1) is 0 Å². The number of unbranched alkanes of at least 4 members (excludes halogenated alkanes) is 2. The maximum Gasteiger partial charge on any atom is 0.269 e. The van der Waals surface area contributed by atoms with Gasteiger partial charge in [0.2, 0.25) is 0 Å². The number of carbonyl (C=O) groups excluding carboxylic acids is 2. The molecule has 0 spiro atoms. The molecule has 3 aromatic rings. The van der Waals surface area contributed by atoms with Crippen LogP contribution in [-0.4, -0.2) is 37.0 Å². The number of nitro groups is 1. The molecule has 0 fully saturated rings. The second-order valence-electron chi connectivity index (χ2n) is 7.14. The lowest BCUT2D eigenvalue weighted by Crippen LogP contribution is -2.05. The Morgan fingerprint density at radius 1 is 1.03 bits per heavy atom. The summed E-state index contributed by atoms with van der Waals surface area (Å²) in [5.74, 6) is 1.47. The molecule has 2 aromatic heterocycles. The van der Waals surface area contributed by atoms with Crippen LogP contribution in [0.4, 0.5) is 5.69 Å². The first-order chi connectivity index (χ1) is 15.9. The Balaban J connectivity index is 0.000000273. The first-order valence-corrected chi connectivity index (χ1v) is 11.3. The number of aldehydes is 2. The van der Waals surface area contributed by atoms with Crippen molar-refractivity contribution in [3.8, 4) is 5.69 Å². The van der Waals surface area contributed by atoms with Gasteiger partial charge in [0.15, 0.2) is 17.7 Å². The van der Waals surface area contributed by atoms with Crippen molar-refractivity contribution in [3.05, 3.63) is 67.7 Å². The Bertz CT molecular complexity index is 1090.